The summed E-state index contributed by atoms with van der Waals surface area (Å²) in [6, 6.07) is 14.6. The summed E-state index contributed by atoms with van der Waals surface area (Å²) in [6.07, 6.45) is 0. The Balaban J connectivity index is 1.66. The van der Waals surface area contributed by atoms with Crippen LogP contribution in [0.15, 0.2) is 53.3 Å². The zero-order valence-electron chi connectivity index (χ0n) is 19.4. The van der Waals surface area contributed by atoms with Crippen molar-refractivity contribution in [2.45, 2.75) is 40.3 Å². The van der Waals surface area contributed by atoms with E-state index in [9.17, 15) is 9.59 Å². The first-order valence-electron chi connectivity index (χ1n) is 10.8. The lowest BCUT2D eigenvalue weighted by molar-refractivity contribution is -0.124. The number of nitrogens with zero attached hydrogens (tertiary/aromatic N) is 4. The van der Waals surface area contributed by atoms with Gasteiger partial charge < -0.3 is 10.1 Å². The van der Waals surface area contributed by atoms with Gasteiger partial charge >= 0.3 is 0 Å². The van der Waals surface area contributed by atoms with Crippen LogP contribution in [-0.2, 0) is 11.3 Å². The van der Waals surface area contributed by atoms with Crippen LogP contribution in [0, 0.1) is 20.8 Å². The van der Waals surface area contributed by atoms with E-state index in [1.54, 1.807) is 18.7 Å². The molecule has 0 saturated carbocycles. The molecule has 8 nitrogen and oxygen atoms in total. The van der Waals surface area contributed by atoms with E-state index in [-0.39, 0.29) is 12.5 Å². The zero-order valence-corrected chi connectivity index (χ0v) is 19.4. The van der Waals surface area contributed by atoms with Gasteiger partial charge in [0.05, 0.1) is 29.6 Å². The Bertz CT molecular complexity index is 1390. The molecule has 1 atom stereocenters. The fraction of sp³-hybridized carbons (Fsp3) is 0.280. The fourth-order valence-electron chi connectivity index (χ4n) is 3.94. The third-order valence-corrected chi connectivity index (χ3v) is 5.82. The normalized spacial score (nSPS) is 12.0. The number of hydrogen-bond donors (Lipinski definition) is 1. The highest BCUT2D eigenvalue weighted by atomic mass is 16.5. The summed E-state index contributed by atoms with van der Waals surface area (Å²) in [5, 5.41) is 12.6. The second-order valence-corrected chi connectivity index (χ2v) is 8.10. The SMILES string of the molecule is COc1ccccc1CNC(=O)[C@@H](C)n1nc(C)c2c(C)n(-c3ccc(C)cc3)nc2c1=O. The quantitative estimate of drug-likeness (QED) is 0.491. The molecule has 0 aliphatic rings. The topological polar surface area (TPSA) is 91.0 Å². The lowest BCUT2D eigenvalue weighted by atomic mass is 10.2. The van der Waals surface area contributed by atoms with E-state index >= 15 is 0 Å². The number of benzene rings is 2. The molecule has 0 bridgehead atoms. The first-order chi connectivity index (χ1) is 15.8. The molecule has 4 rings (SSSR count). The molecule has 0 unspecified atom stereocenters. The first-order valence-corrected chi connectivity index (χ1v) is 10.8. The molecule has 4 aromatic rings. The van der Waals surface area contributed by atoms with E-state index < -0.39 is 11.6 Å². The number of rotatable bonds is 6. The summed E-state index contributed by atoms with van der Waals surface area (Å²) < 4.78 is 8.29. The lowest BCUT2D eigenvalue weighted by Gasteiger charge is -2.15. The Morgan fingerprint density at radius 3 is 2.45 bits per heavy atom. The van der Waals surface area contributed by atoms with E-state index in [2.05, 4.69) is 15.5 Å². The van der Waals surface area contributed by atoms with Gasteiger partial charge in [-0.25, -0.2) is 9.36 Å². The Morgan fingerprint density at radius 2 is 1.76 bits per heavy atom. The molecule has 1 amide bonds. The highest BCUT2D eigenvalue weighted by Gasteiger charge is 2.23. The molecule has 1 N–H and O–H groups in total. The minimum atomic E-state index is -0.805. The van der Waals surface area contributed by atoms with Crippen LogP contribution >= 0.6 is 0 Å². The third kappa shape index (κ3) is 4.11. The molecule has 0 radical (unpaired) electrons. The molecule has 0 aliphatic carbocycles. The number of ether oxygens (including phenoxy) is 1. The van der Waals surface area contributed by atoms with Crippen LogP contribution < -0.4 is 15.6 Å². The van der Waals surface area contributed by atoms with Crippen LogP contribution in [0.4, 0.5) is 0 Å². The molecular weight excluding hydrogens is 418 g/mol. The van der Waals surface area contributed by atoms with Gasteiger partial charge in [0, 0.05) is 12.1 Å². The van der Waals surface area contributed by atoms with E-state index in [0.717, 1.165) is 22.5 Å². The van der Waals surface area contributed by atoms with Crippen molar-refractivity contribution in [2.75, 3.05) is 7.11 Å². The number of nitrogens with one attached hydrogen (secondary N) is 1. The monoisotopic (exact) mass is 445 g/mol. The molecule has 0 saturated heterocycles. The van der Waals surface area contributed by atoms with Crippen molar-refractivity contribution in [3.8, 4) is 11.4 Å². The lowest BCUT2D eigenvalue weighted by Crippen LogP contribution is -2.37. The number of carbonyl (C=O) groups is 1. The van der Waals surface area contributed by atoms with E-state index in [1.165, 1.54) is 4.68 Å². The molecule has 2 heterocycles. The Labute approximate surface area is 191 Å². The van der Waals surface area contributed by atoms with Crippen LogP contribution in [0.3, 0.4) is 0 Å². The minimum absolute atomic E-state index is 0.282. The zero-order chi connectivity index (χ0) is 23.7. The highest BCUT2D eigenvalue weighted by Crippen LogP contribution is 2.22. The number of methoxy groups -OCH3 is 1. The first kappa shape index (κ1) is 22.3. The Morgan fingerprint density at radius 1 is 1.06 bits per heavy atom. The molecule has 2 aromatic carbocycles. The molecular formula is C25H27N5O3. The molecule has 0 fully saturated rings. The van der Waals surface area contributed by atoms with Gasteiger partial charge in [-0.15, -0.1) is 0 Å². The predicted octanol–water partition coefficient (Wildman–Crippen LogP) is 3.39. The molecule has 0 spiro atoms. The van der Waals surface area contributed by atoms with Crippen molar-refractivity contribution >= 4 is 16.8 Å². The second kappa shape index (κ2) is 8.90. The van der Waals surface area contributed by atoms with Gasteiger partial charge in [-0.2, -0.15) is 10.2 Å². The summed E-state index contributed by atoms with van der Waals surface area (Å²) in [4.78, 5) is 26.1. The maximum absolute atomic E-state index is 13.3. The molecule has 8 heteroatoms. The van der Waals surface area contributed by atoms with Crippen molar-refractivity contribution in [3.63, 3.8) is 0 Å². The minimum Gasteiger partial charge on any atom is -0.496 e. The van der Waals surface area contributed by atoms with Crippen molar-refractivity contribution in [3.05, 3.63) is 81.4 Å². The number of aryl methyl sites for hydroxylation is 3. The number of hydrogen-bond acceptors (Lipinski definition) is 5. The number of amides is 1. The standard InChI is InChI=1S/C25H27N5O3/c1-15-10-12-20(13-11-15)29-17(3)22-16(2)27-30(25(32)23(22)28-29)18(4)24(31)26-14-19-8-6-7-9-21(19)33-5/h6-13,18H,14H2,1-5H3,(H,26,31)/t18-/m1/s1. The third-order valence-electron chi connectivity index (χ3n) is 5.82. The summed E-state index contributed by atoms with van der Waals surface area (Å²) in [7, 11) is 1.59. The van der Waals surface area contributed by atoms with Crippen LogP contribution in [-0.4, -0.2) is 32.6 Å². The summed E-state index contributed by atoms with van der Waals surface area (Å²) in [5.41, 5.74) is 4.22. The van der Waals surface area contributed by atoms with Gasteiger partial charge in [-0.3, -0.25) is 9.59 Å². The van der Waals surface area contributed by atoms with Gasteiger partial charge in [0.15, 0.2) is 5.52 Å². The van der Waals surface area contributed by atoms with Crippen molar-refractivity contribution in [2.24, 2.45) is 0 Å². The largest absolute Gasteiger partial charge is 0.496 e. The van der Waals surface area contributed by atoms with Crippen molar-refractivity contribution in [1.29, 1.82) is 0 Å². The van der Waals surface area contributed by atoms with E-state index in [1.807, 2.05) is 69.3 Å². The molecule has 2 aromatic heterocycles. The van der Waals surface area contributed by atoms with Crippen LogP contribution in [0.25, 0.3) is 16.6 Å². The number of para-hydroxylation sites is 1. The predicted molar refractivity (Wildman–Crippen MR) is 127 cm³/mol. The molecule has 170 valence electrons. The Kier molecular flexibility index (Phi) is 6.00. The van der Waals surface area contributed by atoms with Gasteiger partial charge in [-0.05, 0) is 45.9 Å². The average Bonchev–Trinajstić information content (AvgIpc) is 3.18. The highest BCUT2D eigenvalue weighted by molar-refractivity contribution is 5.84. The molecule has 33 heavy (non-hydrogen) atoms. The number of aromatic nitrogens is 4. The van der Waals surface area contributed by atoms with Crippen molar-refractivity contribution in [1.82, 2.24) is 24.9 Å². The van der Waals surface area contributed by atoms with E-state index in [4.69, 9.17) is 4.74 Å². The smallest absolute Gasteiger partial charge is 0.295 e. The summed E-state index contributed by atoms with van der Waals surface area (Å²) >= 11 is 0. The molecule has 0 aliphatic heterocycles. The summed E-state index contributed by atoms with van der Waals surface area (Å²) in [5.74, 6) is 0.374. The van der Waals surface area contributed by atoms with Gasteiger partial charge in [0.2, 0.25) is 5.91 Å². The average molecular weight is 446 g/mol. The van der Waals surface area contributed by atoms with Crippen molar-refractivity contribution < 1.29 is 9.53 Å². The maximum Gasteiger partial charge on any atom is 0.295 e. The maximum atomic E-state index is 13.3. The van der Waals surface area contributed by atoms with Gasteiger partial charge in [0.25, 0.3) is 5.56 Å². The van der Waals surface area contributed by atoms with Crippen LogP contribution in [0.5, 0.6) is 5.75 Å². The van der Waals surface area contributed by atoms with Gasteiger partial charge in [0.1, 0.15) is 11.8 Å². The Hall–Kier alpha value is -3.94. The number of carbonyl (C=O) groups excluding carboxylic acids is 1. The van der Waals surface area contributed by atoms with Gasteiger partial charge in [-0.1, -0.05) is 35.9 Å². The van der Waals surface area contributed by atoms with E-state index in [0.29, 0.717) is 22.3 Å². The summed E-state index contributed by atoms with van der Waals surface area (Å²) in [6.45, 7) is 7.69. The second-order valence-electron chi connectivity index (χ2n) is 8.10. The van der Waals surface area contributed by atoms with Crippen LogP contribution in [0.1, 0.15) is 35.5 Å². The fourth-order valence-corrected chi connectivity index (χ4v) is 3.94. The number of fused-ring (bicyclic) bond motifs is 1. The van der Waals surface area contributed by atoms with Crippen LogP contribution in [0.2, 0.25) is 0 Å².